The standard InChI is InChI=1S/C23H23Cl2N3O5S2/c1-34(30,31)28(22-16-17(24)9-14-21(22)25)15-5-8-23(29)26-18-10-12-20(13-11-18)35(32,33)27-19-6-3-2-4-7-19/h2-4,6-7,9-14,16,27H,5,8,15H2,1H3,(H,26,29). The van der Waals surface area contributed by atoms with Gasteiger partial charge in [-0.15, -0.1) is 0 Å². The second-order valence-electron chi connectivity index (χ2n) is 7.58. The highest BCUT2D eigenvalue weighted by Crippen LogP contribution is 2.31. The van der Waals surface area contributed by atoms with Crippen LogP contribution in [0.5, 0.6) is 0 Å². The number of sulfonamides is 2. The van der Waals surface area contributed by atoms with Gasteiger partial charge in [-0.3, -0.25) is 13.8 Å². The summed E-state index contributed by atoms with van der Waals surface area (Å²) in [6.07, 6.45) is 1.29. The first kappa shape index (κ1) is 26.8. The lowest BCUT2D eigenvalue weighted by molar-refractivity contribution is -0.116. The molecule has 8 nitrogen and oxygen atoms in total. The van der Waals surface area contributed by atoms with Crippen LogP contribution in [0.1, 0.15) is 12.8 Å². The third kappa shape index (κ3) is 7.60. The Hall–Kier alpha value is -2.79. The molecule has 0 atom stereocenters. The number of rotatable bonds is 10. The lowest BCUT2D eigenvalue weighted by atomic mass is 10.2. The summed E-state index contributed by atoms with van der Waals surface area (Å²) in [6.45, 7) is 0.0225. The molecule has 3 aromatic rings. The van der Waals surface area contributed by atoms with Crippen LogP contribution in [-0.4, -0.2) is 35.5 Å². The van der Waals surface area contributed by atoms with Gasteiger partial charge in [-0.2, -0.15) is 0 Å². The maximum Gasteiger partial charge on any atom is 0.261 e. The van der Waals surface area contributed by atoms with E-state index in [1.807, 2.05) is 0 Å². The molecule has 0 aromatic heterocycles. The second kappa shape index (κ2) is 11.3. The maximum absolute atomic E-state index is 12.5. The summed E-state index contributed by atoms with van der Waals surface area (Å²) in [6, 6.07) is 18.7. The number of anilines is 3. The number of para-hydroxylation sites is 1. The maximum atomic E-state index is 12.5. The zero-order valence-corrected chi connectivity index (χ0v) is 21.8. The number of halogens is 2. The number of carbonyl (C=O) groups excluding carboxylic acids is 1. The highest BCUT2D eigenvalue weighted by Gasteiger charge is 2.21. The monoisotopic (exact) mass is 555 g/mol. The minimum atomic E-state index is -3.77. The molecular weight excluding hydrogens is 533 g/mol. The van der Waals surface area contributed by atoms with Crippen molar-refractivity contribution in [2.45, 2.75) is 17.7 Å². The number of benzene rings is 3. The zero-order chi connectivity index (χ0) is 25.6. The second-order valence-corrected chi connectivity index (χ2v) is 12.0. The van der Waals surface area contributed by atoms with E-state index >= 15 is 0 Å². The molecule has 0 radical (unpaired) electrons. The van der Waals surface area contributed by atoms with Crippen LogP contribution in [0.2, 0.25) is 10.0 Å². The first-order valence-electron chi connectivity index (χ1n) is 10.4. The Bertz CT molecular complexity index is 1400. The van der Waals surface area contributed by atoms with Gasteiger partial charge in [0.2, 0.25) is 15.9 Å². The molecule has 0 unspecified atom stereocenters. The van der Waals surface area contributed by atoms with Crippen LogP contribution in [0.25, 0.3) is 0 Å². The molecule has 0 spiro atoms. The number of hydrogen-bond donors (Lipinski definition) is 2. The summed E-state index contributed by atoms with van der Waals surface area (Å²) in [5.41, 5.74) is 1.08. The van der Waals surface area contributed by atoms with Crippen LogP contribution in [-0.2, 0) is 24.8 Å². The van der Waals surface area contributed by atoms with Gasteiger partial charge in [-0.1, -0.05) is 41.4 Å². The van der Waals surface area contributed by atoms with Crippen LogP contribution >= 0.6 is 23.2 Å². The van der Waals surface area contributed by atoms with Gasteiger partial charge in [0.25, 0.3) is 10.0 Å². The summed E-state index contributed by atoms with van der Waals surface area (Å²) < 4.78 is 53.1. The number of nitrogens with zero attached hydrogens (tertiary/aromatic N) is 1. The normalized spacial score (nSPS) is 11.6. The number of nitrogens with one attached hydrogen (secondary N) is 2. The summed E-state index contributed by atoms with van der Waals surface area (Å²) in [5.74, 6) is -0.353. The Morgan fingerprint density at radius 3 is 2.17 bits per heavy atom. The molecule has 0 bridgehead atoms. The minimum Gasteiger partial charge on any atom is -0.326 e. The van der Waals surface area contributed by atoms with Crippen LogP contribution in [0.3, 0.4) is 0 Å². The van der Waals surface area contributed by atoms with Gasteiger partial charge in [0.05, 0.1) is 21.9 Å². The van der Waals surface area contributed by atoms with Crippen molar-refractivity contribution in [3.05, 3.63) is 82.8 Å². The van der Waals surface area contributed by atoms with E-state index in [-0.39, 0.29) is 40.9 Å². The van der Waals surface area contributed by atoms with E-state index in [4.69, 9.17) is 23.2 Å². The molecule has 0 saturated carbocycles. The van der Waals surface area contributed by atoms with Crippen LogP contribution in [0.4, 0.5) is 17.1 Å². The van der Waals surface area contributed by atoms with E-state index in [2.05, 4.69) is 10.0 Å². The quantitative estimate of drug-likeness (QED) is 0.366. The van der Waals surface area contributed by atoms with E-state index in [1.54, 1.807) is 36.4 Å². The third-order valence-corrected chi connectivity index (χ3v) is 7.95. The Balaban J connectivity index is 1.59. The summed E-state index contributed by atoms with van der Waals surface area (Å²) >= 11 is 12.1. The highest BCUT2D eigenvalue weighted by atomic mass is 35.5. The number of hydrogen-bond acceptors (Lipinski definition) is 5. The van der Waals surface area contributed by atoms with Crippen molar-refractivity contribution in [1.29, 1.82) is 0 Å². The van der Waals surface area contributed by atoms with Crippen LogP contribution in [0.15, 0.2) is 77.7 Å². The molecular formula is C23H23Cl2N3O5S2. The van der Waals surface area contributed by atoms with Crippen molar-refractivity contribution in [2.24, 2.45) is 0 Å². The molecule has 12 heteroatoms. The van der Waals surface area contributed by atoms with Crippen molar-refractivity contribution < 1.29 is 21.6 Å². The average molecular weight is 556 g/mol. The fourth-order valence-electron chi connectivity index (χ4n) is 3.19. The Morgan fingerprint density at radius 2 is 1.54 bits per heavy atom. The van der Waals surface area contributed by atoms with Gasteiger partial charge in [0, 0.05) is 29.4 Å². The summed E-state index contributed by atoms with van der Waals surface area (Å²) in [4.78, 5) is 12.4. The predicted octanol–water partition coefficient (Wildman–Crippen LogP) is 4.98. The molecule has 1 amide bonds. The SMILES string of the molecule is CS(=O)(=O)N(CCCC(=O)Nc1ccc(S(=O)(=O)Nc2ccccc2)cc1)c1cc(Cl)ccc1Cl. The van der Waals surface area contributed by atoms with Crippen molar-refractivity contribution in [3.8, 4) is 0 Å². The first-order chi connectivity index (χ1) is 16.5. The molecule has 0 aliphatic heterocycles. The van der Waals surface area contributed by atoms with Gasteiger partial charge in [-0.05, 0) is 61.0 Å². The van der Waals surface area contributed by atoms with Crippen molar-refractivity contribution in [1.82, 2.24) is 0 Å². The topological polar surface area (TPSA) is 113 Å². The molecule has 186 valence electrons. The Labute approximate surface area is 215 Å². The summed E-state index contributed by atoms with van der Waals surface area (Å²) in [7, 11) is -7.43. The fourth-order valence-corrected chi connectivity index (χ4v) is 5.65. The third-order valence-electron chi connectivity index (χ3n) is 4.82. The smallest absolute Gasteiger partial charge is 0.261 e. The fraction of sp³-hybridized carbons (Fsp3) is 0.174. The number of amides is 1. The van der Waals surface area contributed by atoms with Gasteiger partial charge in [-0.25, -0.2) is 16.8 Å². The van der Waals surface area contributed by atoms with Gasteiger partial charge in [0.1, 0.15) is 0 Å². The molecule has 0 heterocycles. The highest BCUT2D eigenvalue weighted by molar-refractivity contribution is 7.92. The van der Waals surface area contributed by atoms with Gasteiger partial charge < -0.3 is 5.32 Å². The lowest BCUT2D eigenvalue weighted by Gasteiger charge is -2.23. The Kier molecular flexibility index (Phi) is 8.65. The van der Waals surface area contributed by atoms with Crippen LogP contribution in [0, 0.1) is 0 Å². The predicted molar refractivity (Wildman–Crippen MR) is 140 cm³/mol. The lowest BCUT2D eigenvalue weighted by Crippen LogP contribution is -2.31. The molecule has 0 aliphatic carbocycles. The molecule has 35 heavy (non-hydrogen) atoms. The van der Waals surface area contributed by atoms with Crippen LogP contribution < -0.4 is 14.3 Å². The molecule has 0 saturated heterocycles. The van der Waals surface area contributed by atoms with Crippen molar-refractivity contribution in [3.63, 3.8) is 0 Å². The van der Waals surface area contributed by atoms with E-state index in [0.29, 0.717) is 16.4 Å². The van der Waals surface area contributed by atoms with Crippen molar-refractivity contribution in [2.75, 3.05) is 27.1 Å². The minimum absolute atomic E-state index is 0.0225. The molecule has 0 aliphatic rings. The molecule has 3 aromatic carbocycles. The van der Waals surface area contributed by atoms with E-state index in [0.717, 1.165) is 10.6 Å². The first-order valence-corrected chi connectivity index (χ1v) is 14.4. The number of carbonyl (C=O) groups is 1. The van der Waals surface area contributed by atoms with E-state index in [9.17, 15) is 21.6 Å². The zero-order valence-electron chi connectivity index (χ0n) is 18.6. The molecule has 2 N–H and O–H groups in total. The molecule has 0 fully saturated rings. The van der Waals surface area contributed by atoms with E-state index < -0.39 is 20.0 Å². The molecule has 3 rings (SSSR count). The average Bonchev–Trinajstić information content (AvgIpc) is 2.78. The summed E-state index contributed by atoms with van der Waals surface area (Å²) in [5, 5.41) is 3.23. The largest absolute Gasteiger partial charge is 0.326 e. The van der Waals surface area contributed by atoms with E-state index in [1.165, 1.54) is 36.4 Å². The Morgan fingerprint density at radius 1 is 0.886 bits per heavy atom. The van der Waals surface area contributed by atoms with Gasteiger partial charge >= 0.3 is 0 Å². The van der Waals surface area contributed by atoms with Crippen molar-refractivity contribution >= 4 is 66.2 Å². The van der Waals surface area contributed by atoms with Gasteiger partial charge in [0.15, 0.2) is 0 Å².